The summed E-state index contributed by atoms with van der Waals surface area (Å²) in [6, 6.07) is 12.5. The summed E-state index contributed by atoms with van der Waals surface area (Å²) in [6.07, 6.45) is 2.93. The molecule has 0 bridgehead atoms. The molecule has 1 heterocycles. The zero-order valence-electron chi connectivity index (χ0n) is 16.2. The Morgan fingerprint density at radius 2 is 1.53 bits per heavy atom. The van der Waals surface area contributed by atoms with E-state index in [1.807, 2.05) is 0 Å². The number of hydrogen-bond donors (Lipinski definition) is 2. The number of carbonyl (C=O) groups excluding carboxylic acids is 1. The molecule has 10 heteroatoms. The minimum atomic E-state index is -0.474. The van der Waals surface area contributed by atoms with Crippen LogP contribution in [0, 0.1) is 26.1 Å². The number of nitro groups is 2. The number of non-ortho nitro benzene ring substituents is 2. The lowest BCUT2D eigenvalue weighted by Crippen LogP contribution is -3.11. The number of quaternary nitrogens is 1. The topological polar surface area (TPSA) is 132 Å². The Labute approximate surface area is 172 Å². The van der Waals surface area contributed by atoms with E-state index >= 15 is 0 Å². The molecule has 1 aliphatic heterocycles. The Bertz CT molecular complexity index is 935. The average Bonchev–Trinajstić information content (AvgIpc) is 2.75. The Hall–Kier alpha value is -3.66. The standard InChI is InChI=1S/C20H21N5O5/c26-20(22-21-13-15-1-5-18(6-2-15)24(27)28)17-9-11-23(12-10-17)14-16-3-7-19(8-4-16)25(29)30/h1-8,13,17H,9-12,14H2,(H,22,26)/p+1/b21-13-. The second-order valence-corrected chi connectivity index (χ2v) is 7.21. The number of carbonyl (C=O) groups is 1. The Morgan fingerprint density at radius 1 is 1.00 bits per heavy atom. The van der Waals surface area contributed by atoms with E-state index in [2.05, 4.69) is 10.5 Å². The molecule has 2 N–H and O–H groups in total. The zero-order chi connectivity index (χ0) is 21.5. The molecule has 0 spiro atoms. The molecule has 1 amide bonds. The maximum atomic E-state index is 12.3. The molecule has 0 aliphatic carbocycles. The van der Waals surface area contributed by atoms with E-state index in [-0.39, 0.29) is 23.2 Å². The van der Waals surface area contributed by atoms with Gasteiger partial charge in [-0.15, -0.1) is 0 Å². The molecule has 3 rings (SSSR count). The van der Waals surface area contributed by atoms with Crippen molar-refractivity contribution in [1.82, 2.24) is 5.43 Å². The lowest BCUT2D eigenvalue weighted by atomic mass is 9.96. The SMILES string of the molecule is O=C(N/N=C\c1ccc([N+](=O)[O-])cc1)C1CC[NH+](Cc2ccc([N+](=O)[O-])cc2)CC1. The van der Waals surface area contributed by atoms with Gasteiger partial charge in [-0.25, -0.2) is 5.43 Å². The molecule has 1 fully saturated rings. The number of nitrogens with zero attached hydrogens (tertiary/aromatic N) is 3. The van der Waals surface area contributed by atoms with Crippen LogP contribution in [-0.2, 0) is 11.3 Å². The summed E-state index contributed by atoms with van der Waals surface area (Å²) in [5.74, 6) is -0.248. The number of rotatable bonds is 7. The van der Waals surface area contributed by atoms with Crippen LogP contribution < -0.4 is 10.3 Å². The summed E-state index contributed by atoms with van der Waals surface area (Å²) in [6.45, 7) is 2.44. The van der Waals surface area contributed by atoms with Gasteiger partial charge >= 0.3 is 0 Å². The number of hydrogen-bond acceptors (Lipinski definition) is 6. The van der Waals surface area contributed by atoms with Gasteiger partial charge in [0.05, 0.1) is 35.1 Å². The van der Waals surface area contributed by atoms with Crippen LogP contribution in [0.3, 0.4) is 0 Å². The van der Waals surface area contributed by atoms with E-state index in [9.17, 15) is 25.0 Å². The summed E-state index contributed by atoms with van der Waals surface area (Å²) in [4.78, 5) is 34.1. The number of amides is 1. The minimum Gasteiger partial charge on any atom is -0.331 e. The van der Waals surface area contributed by atoms with Crippen molar-refractivity contribution < 1.29 is 19.5 Å². The van der Waals surface area contributed by atoms with Crippen LogP contribution >= 0.6 is 0 Å². The molecule has 0 unspecified atom stereocenters. The van der Waals surface area contributed by atoms with Crippen LogP contribution in [0.2, 0.25) is 0 Å². The van der Waals surface area contributed by atoms with Crippen LogP contribution in [0.25, 0.3) is 0 Å². The second kappa shape index (κ2) is 9.70. The second-order valence-electron chi connectivity index (χ2n) is 7.21. The third-order valence-electron chi connectivity index (χ3n) is 5.16. The van der Waals surface area contributed by atoms with Gasteiger partial charge in [-0.3, -0.25) is 25.0 Å². The molecule has 1 saturated heterocycles. The van der Waals surface area contributed by atoms with Gasteiger partial charge in [-0.05, 0) is 29.8 Å². The van der Waals surface area contributed by atoms with Crippen LogP contribution in [-0.4, -0.2) is 35.1 Å². The molecule has 2 aromatic rings. The number of likely N-dealkylation sites (tertiary alicyclic amines) is 1. The van der Waals surface area contributed by atoms with Crippen LogP contribution in [0.1, 0.15) is 24.0 Å². The van der Waals surface area contributed by atoms with Crippen molar-refractivity contribution in [2.45, 2.75) is 19.4 Å². The van der Waals surface area contributed by atoms with Crippen molar-refractivity contribution >= 4 is 23.5 Å². The molecular formula is C20H22N5O5+. The molecular weight excluding hydrogens is 390 g/mol. The molecule has 30 heavy (non-hydrogen) atoms. The van der Waals surface area contributed by atoms with Gasteiger partial charge in [0.25, 0.3) is 11.4 Å². The first-order valence-corrected chi connectivity index (χ1v) is 9.56. The van der Waals surface area contributed by atoms with E-state index in [4.69, 9.17) is 0 Å². The third-order valence-corrected chi connectivity index (χ3v) is 5.16. The Morgan fingerprint density at radius 3 is 2.07 bits per heavy atom. The van der Waals surface area contributed by atoms with E-state index in [0.717, 1.165) is 38.0 Å². The maximum Gasteiger partial charge on any atom is 0.269 e. The van der Waals surface area contributed by atoms with E-state index in [1.54, 1.807) is 24.3 Å². The number of nitro benzene ring substituents is 2. The van der Waals surface area contributed by atoms with Crippen LogP contribution in [0.15, 0.2) is 53.6 Å². The molecule has 1 aliphatic rings. The summed E-state index contributed by atoms with van der Waals surface area (Å²) < 4.78 is 0. The highest BCUT2D eigenvalue weighted by Gasteiger charge is 2.27. The highest BCUT2D eigenvalue weighted by molar-refractivity contribution is 5.83. The van der Waals surface area contributed by atoms with Gasteiger partial charge in [0.1, 0.15) is 6.54 Å². The zero-order valence-corrected chi connectivity index (χ0v) is 16.2. The predicted molar refractivity (Wildman–Crippen MR) is 109 cm³/mol. The Balaban J connectivity index is 1.43. The number of piperidine rings is 1. The van der Waals surface area contributed by atoms with Crippen molar-refractivity contribution in [2.24, 2.45) is 11.0 Å². The van der Waals surface area contributed by atoms with Crippen molar-refractivity contribution in [3.63, 3.8) is 0 Å². The Kier molecular flexibility index (Phi) is 6.81. The van der Waals surface area contributed by atoms with E-state index in [0.29, 0.717) is 5.56 Å². The van der Waals surface area contributed by atoms with Crippen molar-refractivity contribution in [1.29, 1.82) is 0 Å². The summed E-state index contributed by atoms with van der Waals surface area (Å²) in [5.41, 5.74) is 4.31. The fourth-order valence-corrected chi connectivity index (χ4v) is 3.43. The normalized spacial score (nSPS) is 18.8. The largest absolute Gasteiger partial charge is 0.331 e. The lowest BCUT2D eigenvalue weighted by Gasteiger charge is -2.28. The first kappa shape index (κ1) is 21.1. The number of benzene rings is 2. The highest BCUT2D eigenvalue weighted by Crippen LogP contribution is 2.13. The molecule has 0 saturated carbocycles. The molecule has 0 atom stereocenters. The van der Waals surface area contributed by atoms with Crippen molar-refractivity contribution in [3.05, 3.63) is 79.9 Å². The number of hydrazone groups is 1. The molecule has 10 nitrogen and oxygen atoms in total. The summed E-state index contributed by atoms with van der Waals surface area (Å²) in [5, 5.41) is 25.3. The molecule has 156 valence electrons. The quantitative estimate of drug-likeness (QED) is 0.403. The first-order chi connectivity index (χ1) is 14.4. The smallest absolute Gasteiger partial charge is 0.269 e. The number of nitrogens with one attached hydrogen (secondary N) is 2. The van der Waals surface area contributed by atoms with Gasteiger partial charge in [0.2, 0.25) is 5.91 Å². The van der Waals surface area contributed by atoms with Gasteiger partial charge in [-0.2, -0.15) is 5.10 Å². The maximum absolute atomic E-state index is 12.3. The van der Waals surface area contributed by atoms with Gasteiger partial charge in [0.15, 0.2) is 0 Å². The monoisotopic (exact) mass is 412 g/mol. The summed E-state index contributed by atoms with van der Waals surface area (Å²) >= 11 is 0. The van der Waals surface area contributed by atoms with Gasteiger partial charge in [-0.1, -0.05) is 0 Å². The predicted octanol–water partition coefficient (Wildman–Crippen LogP) is 1.45. The average molecular weight is 412 g/mol. The van der Waals surface area contributed by atoms with Gasteiger partial charge in [0, 0.05) is 42.7 Å². The van der Waals surface area contributed by atoms with Crippen molar-refractivity contribution in [3.8, 4) is 0 Å². The van der Waals surface area contributed by atoms with Gasteiger partial charge < -0.3 is 4.90 Å². The highest BCUT2D eigenvalue weighted by atomic mass is 16.6. The van der Waals surface area contributed by atoms with E-state index < -0.39 is 9.85 Å². The van der Waals surface area contributed by atoms with Crippen LogP contribution in [0.5, 0.6) is 0 Å². The van der Waals surface area contributed by atoms with E-state index in [1.165, 1.54) is 35.4 Å². The molecule has 0 aromatic heterocycles. The fraction of sp³-hybridized carbons (Fsp3) is 0.300. The molecule has 0 radical (unpaired) electrons. The lowest BCUT2D eigenvalue weighted by molar-refractivity contribution is -0.919. The summed E-state index contributed by atoms with van der Waals surface area (Å²) in [7, 11) is 0. The first-order valence-electron chi connectivity index (χ1n) is 9.56. The minimum absolute atomic E-state index is 0.000767. The molecule has 2 aromatic carbocycles. The van der Waals surface area contributed by atoms with Crippen molar-refractivity contribution in [2.75, 3.05) is 13.1 Å². The third kappa shape index (κ3) is 5.67. The fourth-order valence-electron chi connectivity index (χ4n) is 3.43. The van der Waals surface area contributed by atoms with Crippen LogP contribution in [0.4, 0.5) is 11.4 Å².